The van der Waals surface area contributed by atoms with E-state index in [0.717, 1.165) is 13.0 Å². The molecule has 0 aliphatic rings. The van der Waals surface area contributed by atoms with Gasteiger partial charge in [-0.2, -0.15) is 0 Å². The monoisotopic (exact) mass is 267 g/mol. The van der Waals surface area contributed by atoms with Crippen LogP contribution in [0.1, 0.15) is 27.1 Å². The van der Waals surface area contributed by atoms with Crippen molar-refractivity contribution in [3.63, 3.8) is 0 Å². The standard InChI is InChI=1S/C12H17N3O4/c1-13-5-2-6-14-11(17)8-3-4-9(10(16)7-8)12(18)15-19/h3-4,7,13,16,19H,2,5-6H2,1H3,(H,14,17)(H,15,18). The topological polar surface area (TPSA) is 111 Å². The van der Waals surface area contributed by atoms with Crippen molar-refractivity contribution in [2.75, 3.05) is 20.1 Å². The fourth-order valence-electron chi connectivity index (χ4n) is 1.49. The predicted molar refractivity (Wildman–Crippen MR) is 68.2 cm³/mol. The maximum Gasteiger partial charge on any atom is 0.278 e. The molecule has 0 atom stereocenters. The van der Waals surface area contributed by atoms with Crippen LogP contribution >= 0.6 is 0 Å². The number of rotatable bonds is 6. The quantitative estimate of drug-likeness (QED) is 0.280. The zero-order valence-corrected chi connectivity index (χ0v) is 10.6. The Morgan fingerprint density at radius 2 is 1.95 bits per heavy atom. The highest BCUT2D eigenvalue weighted by molar-refractivity contribution is 5.99. The third-order valence-electron chi connectivity index (χ3n) is 2.50. The molecule has 0 saturated carbocycles. The fraction of sp³-hybridized carbons (Fsp3) is 0.333. The lowest BCUT2D eigenvalue weighted by molar-refractivity contribution is 0.0703. The maximum absolute atomic E-state index is 11.7. The van der Waals surface area contributed by atoms with E-state index in [0.29, 0.717) is 6.54 Å². The van der Waals surface area contributed by atoms with E-state index in [2.05, 4.69) is 10.6 Å². The van der Waals surface area contributed by atoms with Gasteiger partial charge < -0.3 is 15.7 Å². The van der Waals surface area contributed by atoms with Crippen LogP contribution in [0.25, 0.3) is 0 Å². The van der Waals surface area contributed by atoms with Gasteiger partial charge in [-0.15, -0.1) is 0 Å². The molecule has 0 aromatic heterocycles. The number of nitrogens with one attached hydrogen (secondary N) is 3. The van der Waals surface area contributed by atoms with Crippen molar-refractivity contribution in [2.45, 2.75) is 6.42 Å². The van der Waals surface area contributed by atoms with E-state index < -0.39 is 5.91 Å². The maximum atomic E-state index is 11.7. The second-order valence-electron chi connectivity index (χ2n) is 3.89. The highest BCUT2D eigenvalue weighted by atomic mass is 16.5. The molecule has 7 nitrogen and oxygen atoms in total. The molecule has 1 aromatic carbocycles. The van der Waals surface area contributed by atoms with Gasteiger partial charge in [-0.1, -0.05) is 0 Å². The highest BCUT2D eigenvalue weighted by Gasteiger charge is 2.13. The summed E-state index contributed by atoms with van der Waals surface area (Å²) >= 11 is 0. The van der Waals surface area contributed by atoms with Crippen LogP contribution in [-0.4, -0.2) is 42.3 Å². The minimum Gasteiger partial charge on any atom is -0.507 e. The van der Waals surface area contributed by atoms with Crippen LogP contribution in [0.2, 0.25) is 0 Å². The van der Waals surface area contributed by atoms with Gasteiger partial charge in [0.05, 0.1) is 5.56 Å². The number of carbonyl (C=O) groups is 2. The Morgan fingerprint density at radius 3 is 2.53 bits per heavy atom. The van der Waals surface area contributed by atoms with Crippen molar-refractivity contribution in [3.05, 3.63) is 29.3 Å². The molecule has 0 bridgehead atoms. The summed E-state index contributed by atoms with van der Waals surface area (Å²) in [5.41, 5.74) is 1.56. The lowest BCUT2D eigenvalue weighted by Crippen LogP contribution is -2.26. The van der Waals surface area contributed by atoms with Gasteiger partial charge >= 0.3 is 0 Å². The summed E-state index contributed by atoms with van der Waals surface area (Å²) in [5, 5.41) is 23.7. The molecule has 0 aliphatic carbocycles. The van der Waals surface area contributed by atoms with E-state index in [9.17, 15) is 14.7 Å². The van der Waals surface area contributed by atoms with Crippen LogP contribution in [0, 0.1) is 0 Å². The Morgan fingerprint density at radius 1 is 1.21 bits per heavy atom. The van der Waals surface area contributed by atoms with Crippen molar-refractivity contribution in [1.82, 2.24) is 16.1 Å². The average Bonchev–Trinajstić information content (AvgIpc) is 2.42. The van der Waals surface area contributed by atoms with Gasteiger partial charge in [0.2, 0.25) is 0 Å². The third-order valence-corrected chi connectivity index (χ3v) is 2.50. The molecule has 0 radical (unpaired) electrons. The summed E-state index contributed by atoms with van der Waals surface area (Å²) in [4.78, 5) is 22.8. The molecule has 0 unspecified atom stereocenters. The first-order valence-electron chi connectivity index (χ1n) is 5.80. The molecule has 0 aliphatic heterocycles. The van der Waals surface area contributed by atoms with Gasteiger partial charge in [-0.05, 0) is 38.2 Å². The van der Waals surface area contributed by atoms with Crippen LogP contribution in [0.3, 0.4) is 0 Å². The molecule has 19 heavy (non-hydrogen) atoms. The Labute approximate surface area is 110 Å². The third kappa shape index (κ3) is 4.23. The van der Waals surface area contributed by atoms with Crippen molar-refractivity contribution in [1.29, 1.82) is 0 Å². The molecule has 0 fully saturated rings. The number of hydroxylamine groups is 1. The first kappa shape index (κ1) is 14.9. The summed E-state index contributed by atoms with van der Waals surface area (Å²) in [7, 11) is 1.82. The lowest BCUT2D eigenvalue weighted by atomic mass is 10.1. The zero-order chi connectivity index (χ0) is 14.3. The summed E-state index contributed by atoms with van der Waals surface area (Å²) in [5.74, 6) is -1.53. The molecule has 0 heterocycles. The van der Waals surface area contributed by atoms with Gasteiger partial charge in [-0.25, -0.2) is 5.48 Å². The lowest BCUT2D eigenvalue weighted by Gasteiger charge is -2.07. The number of benzene rings is 1. The zero-order valence-electron chi connectivity index (χ0n) is 10.6. The minimum absolute atomic E-state index is 0.103. The predicted octanol–water partition coefficient (Wildman–Crippen LogP) is -0.149. The summed E-state index contributed by atoms with van der Waals surface area (Å²) in [6, 6.07) is 3.85. The van der Waals surface area contributed by atoms with Crippen LogP contribution in [0.4, 0.5) is 0 Å². The molecular formula is C12H17N3O4. The van der Waals surface area contributed by atoms with Gasteiger partial charge in [0.15, 0.2) is 0 Å². The van der Waals surface area contributed by atoms with Gasteiger partial charge in [0, 0.05) is 12.1 Å². The van der Waals surface area contributed by atoms with Crippen LogP contribution < -0.4 is 16.1 Å². The van der Waals surface area contributed by atoms with Crippen LogP contribution in [-0.2, 0) is 0 Å². The van der Waals surface area contributed by atoms with E-state index in [-0.39, 0.29) is 22.8 Å². The molecule has 0 saturated heterocycles. The first-order valence-corrected chi connectivity index (χ1v) is 5.80. The molecule has 0 spiro atoms. The number of phenols is 1. The fourth-order valence-corrected chi connectivity index (χ4v) is 1.49. The summed E-state index contributed by atoms with van der Waals surface area (Å²) in [6.07, 6.45) is 0.791. The minimum atomic E-state index is -0.835. The molecule has 1 aromatic rings. The number of hydrogen-bond acceptors (Lipinski definition) is 5. The normalized spacial score (nSPS) is 10.0. The second kappa shape index (κ2) is 7.34. The SMILES string of the molecule is CNCCCNC(=O)c1ccc(C(=O)NO)c(O)c1. The Bertz CT molecular complexity index is 462. The van der Waals surface area contributed by atoms with Crippen molar-refractivity contribution in [3.8, 4) is 5.75 Å². The number of phenolic OH excluding ortho intramolecular Hbond substituents is 1. The number of aromatic hydroxyl groups is 1. The molecule has 7 heteroatoms. The molecule has 2 amide bonds. The second-order valence-corrected chi connectivity index (χ2v) is 3.89. The first-order chi connectivity index (χ1) is 9.10. The number of amides is 2. The Balaban J connectivity index is 2.67. The molecule has 1 rings (SSSR count). The largest absolute Gasteiger partial charge is 0.507 e. The van der Waals surface area contributed by atoms with E-state index >= 15 is 0 Å². The smallest absolute Gasteiger partial charge is 0.278 e. The number of carbonyl (C=O) groups excluding carboxylic acids is 2. The van der Waals surface area contributed by atoms with Crippen molar-refractivity contribution in [2.24, 2.45) is 0 Å². The van der Waals surface area contributed by atoms with Gasteiger partial charge in [0.25, 0.3) is 11.8 Å². The van der Waals surface area contributed by atoms with E-state index in [1.807, 2.05) is 7.05 Å². The highest BCUT2D eigenvalue weighted by Crippen LogP contribution is 2.18. The van der Waals surface area contributed by atoms with E-state index in [1.165, 1.54) is 23.7 Å². The average molecular weight is 267 g/mol. The summed E-state index contributed by atoms with van der Waals surface area (Å²) < 4.78 is 0. The molecule has 5 N–H and O–H groups in total. The van der Waals surface area contributed by atoms with E-state index in [4.69, 9.17) is 5.21 Å². The van der Waals surface area contributed by atoms with Gasteiger partial charge in [0.1, 0.15) is 5.75 Å². The van der Waals surface area contributed by atoms with E-state index in [1.54, 1.807) is 0 Å². The van der Waals surface area contributed by atoms with Crippen LogP contribution in [0.15, 0.2) is 18.2 Å². The van der Waals surface area contributed by atoms with Crippen LogP contribution in [0.5, 0.6) is 5.75 Å². The van der Waals surface area contributed by atoms with Crippen molar-refractivity contribution >= 4 is 11.8 Å². The number of hydrogen-bond donors (Lipinski definition) is 5. The molecule has 104 valence electrons. The Hall–Kier alpha value is -2.12. The Kier molecular flexibility index (Phi) is 5.77. The van der Waals surface area contributed by atoms with Crippen molar-refractivity contribution < 1.29 is 19.9 Å². The van der Waals surface area contributed by atoms with Gasteiger partial charge in [-0.3, -0.25) is 14.8 Å². The molecular weight excluding hydrogens is 250 g/mol. The summed E-state index contributed by atoms with van der Waals surface area (Å²) in [6.45, 7) is 1.31.